The molecule has 0 fully saturated rings. The van der Waals surface area contributed by atoms with Crippen molar-refractivity contribution in [2.45, 2.75) is 57.8 Å². The van der Waals surface area contributed by atoms with Gasteiger partial charge in [-0.05, 0) is 46.2 Å². The quantitative estimate of drug-likeness (QED) is 0.552. The summed E-state index contributed by atoms with van der Waals surface area (Å²) in [5, 5.41) is 3.93. The summed E-state index contributed by atoms with van der Waals surface area (Å²) >= 11 is 1.23. The van der Waals surface area contributed by atoms with Crippen LogP contribution in [-0.2, 0) is 9.59 Å². The third-order valence-corrected chi connectivity index (χ3v) is 5.39. The number of hydrogen-bond donors (Lipinski definition) is 1. The van der Waals surface area contributed by atoms with E-state index in [-0.39, 0.29) is 41.3 Å². The zero-order valence-electron chi connectivity index (χ0n) is 18.0. The van der Waals surface area contributed by atoms with E-state index < -0.39 is 0 Å². The second kappa shape index (κ2) is 9.43. The highest BCUT2D eigenvalue weighted by atomic mass is 32.2. The number of para-hydroxylation sites is 1. The lowest BCUT2D eigenvalue weighted by molar-refractivity contribution is -0.133. The van der Waals surface area contributed by atoms with E-state index in [0.29, 0.717) is 16.1 Å². The average molecular weight is 419 g/mol. The fourth-order valence-corrected chi connectivity index (χ4v) is 3.83. The molecule has 0 spiro atoms. The maximum absolute atomic E-state index is 13.0. The molecule has 0 bridgehead atoms. The second-order valence-electron chi connectivity index (χ2n) is 8.18. The molecule has 7 nitrogen and oxygen atoms in total. The number of nitrogens with one attached hydrogen (secondary N) is 1. The van der Waals surface area contributed by atoms with Crippen LogP contribution >= 0.6 is 11.8 Å². The molecule has 0 saturated heterocycles. The molecule has 0 unspecified atom stereocenters. The number of likely N-dealkylation sites (N-methyl/N-ethyl adjacent to an activating group) is 1. The molecule has 158 valence electrons. The first-order valence-corrected chi connectivity index (χ1v) is 10.7. The molecule has 0 aliphatic heterocycles. The van der Waals surface area contributed by atoms with Crippen molar-refractivity contribution in [2.75, 3.05) is 19.3 Å². The van der Waals surface area contributed by atoms with Gasteiger partial charge in [-0.25, -0.2) is 4.98 Å². The summed E-state index contributed by atoms with van der Waals surface area (Å²) < 4.78 is 1.66. The highest BCUT2D eigenvalue weighted by Crippen LogP contribution is 2.22. The van der Waals surface area contributed by atoms with Crippen LogP contribution in [0.4, 0.5) is 0 Å². The minimum atomic E-state index is -0.350. The normalized spacial score (nSPS) is 12.6. The van der Waals surface area contributed by atoms with Gasteiger partial charge in [-0.15, -0.1) is 0 Å². The first-order chi connectivity index (χ1) is 13.5. The van der Waals surface area contributed by atoms with Gasteiger partial charge in [0.1, 0.15) is 0 Å². The van der Waals surface area contributed by atoms with Crippen LogP contribution in [0, 0.1) is 0 Å². The van der Waals surface area contributed by atoms with E-state index in [0.717, 1.165) is 6.42 Å². The number of thioether (sulfide) groups is 1. The summed E-state index contributed by atoms with van der Waals surface area (Å²) in [7, 11) is 1.60. The molecule has 2 aromatic rings. The van der Waals surface area contributed by atoms with Gasteiger partial charge in [-0.1, -0.05) is 30.8 Å². The molecule has 2 rings (SSSR count). The summed E-state index contributed by atoms with van der Waals surface area (Å²) in [5.74, 6) is -0.309. The van der Waals surface area contributed by atoms with Crippen molar-refractivity contribution in [2.24, 2.45) is 0 Å². The van der Waals surface area contributed by atoms with Crippen LogP contribution in [0.3, 0.4) is 0 Å². The van der Waals surface area contributed by atoms with Crippen molar-refractivity contribution in [1.29, 1.82) is 0 Å². The Labute approximate surface area is 175 Å². The lowest BCUT2D eigenvalue weighted by atomic mass is 10.1. The number of carbonyl (C=O) groups excluding carboxylic acids is 2. The maximum Gasteiger partial charge on any atom is 0.262 e. The predicted octanol–water partition coefficient (Wildman–Crippen LogP) is 2.83. The first kappa shape index (κ1) is 22.9. The summed E-state index contributed by atoms with van der Waals surface area (Å²) in [6.45, 7) is 9.63. The van der Waals surface area contributed by atoms with E-state index in [1.54, 1.807) is 23.7 Å². The Hall–Kier alpha value is -2.35. The summed E-state index contributed by atoms with van der Waals surface area (Å²) in [6.07, 6.45) is 0.772. The van der Waals surface area contributed by atoms with E-state index in [9.17, 15) is 14.4 Å². The smallest absolute Gasteiger partial charge is 0.262 e. The largest absolute Gasteiger partial charge is 0.350 e. The zero-order valence-corrected chi connectivity index (χ0v) is 18.8. The average Bonchev–Trinajstić information content (AvgIpc) is 2.64. The van der Waals surface area contributed by atoms with Crippen molar-refractivity contribution >= 4 is 34.5 Å². The third kappa shape index (κ3) is 6.06. The van der Waals surface area contributed by atoms with E-state index >= 15 is 0 Å². The van der Waals surface area contributed by atoms with Crippen molar-refractivity contribution in [3.63, 3.8) is 0 Å². The fourth-order valence-electron chi connectivity index (χ4n) is 2.80. The monoisotopic (exact) mass is 418 g/mol. The lowest BCUT2D eigenvalue weighted by Gasteiger charge is -2.23. The predicted molar refractivity (Wildman–Crippen MR) is 117 cm³/mol. The molecule has 29 heavy (non-hydrogen) atoms. The summed E-state index contributed by atoms with van der Waals surface area (Å²) in [5.41, 5.74) is 0.166. The number of hydrogen-bond acceptors (Lipinski definition) is 5. The zero-order chi connectivity index (χ0) is 21.8. The molecule has 1 aromatic heterocycles. The number of nitrogens with zero attached hydrogens (tertiary/aromatic N) is 3. The SMILES string of the molecule is CC[C@H](C)n1c(SCC(=O)N(C)CC(=O)NC(C)(C)C)nc2ccccc2c1=O. The second-order valence-corrected chi connectivity index (χ2v) is 9.12. The molecule has 2 amide bonds. The summed E-state index contributed by atoms with van der Waals surface area (Å²) in [6, 6.07) is 7.19. The Kier molecular flexibility index (Phi) is 7.46. The molecule has 0 aliphatic rings. The standard InChI is InChI=1S/C21H30N4O3S/c1-7-14(2)25-19(28)15-10-8-9-11-16(15)22-20(25)29-13-18(27)24(6)12-17(26)23-21(3,4)5/h8-11,14H,7,12-13H2,1-6H3,(H,23,26)/t14-/m0/s1. The van der Waals surface area contributed by atoms with Gasteiger partial charge in [-0.2, -0.15) is 0 Å². The minimum absolute atomic E-state index is 0.0139. The number of aromatic nitrogens is 2. The highest BCUT2D eigenvalue weighted by molar-refractivity contribution is 7.99. The Morgan fingerprint density at radius 1 is 1.28 bits per heavy atom. The van der Waals surface area contributed by atoms with Gasteiger partial charge in [0, 0.05) is 18.6 Å². The third-order valence-electron chi connectivity index (χ3n) is 4.45. The lowest BCUT2D eigenvalue weighted by Crippen LogP contribution is -2.46. The molecule has 1 aromatic carbocycles. The van der Waals surface area contributed by atoms with E-state index in [1.165, 1.54) is 16.7 Å². The van der Waals surface area contributed by atoms with Gasteiger partial charge in [0.15, 0.2) is 5.16 Å². The van der Waals surface area contributed by atoms with E-state index in [1.807, 2.05) is 46.8 Å². The number of rotatable bonds is 7. The molecule has 0 saturated carbocycles. The molecular weight excluding hydrogens is 388 g/mol. The van der Waals surface area contributed by atoms with Crippen LogP contribution in [0.5, 0.6) is 0 Å². The van der Waals surface area contributed by atoms with Crippen LogP contribution < -0.4 is 10.9 Å². The maximum atomic E-state index is 13.0. The number of carbonyl (C=O) groups is 2. The molecule has 8 heteroatoms. The van der Waals surface area contributed by atoms with Gasteiger partial charge < -0.3 is 10.2 Å². The fraction of sp³-hybridized carbons (Fsp3) is 0.524. The van der Waals surface area contributed by atoms with Gasteiger partial charge in [-0.3, -0.25) is 19.0 Å². The van der Waals surface area contributed by atoms with Gasteiger partial charge in [0.05, 0.1) is 23.2 Å². The van der Waals surface area contributed by atoms with Crippen LogP contribution in [0.1, 0.15) is 47.1 Å². The summed E-state index contributed by atoms with van der Waals surface area (Å²) in [4.78, 5) is 43.6. The Bertz CT molecular complexity index is 949. The minimum Gasteiger partial charge on any atom is -0.350 e. The van der Waals surface area contributed by atoms with Crippen molar-refractivity contribution in [1.82, 2.24) is 19.8 Å². The number of benzene rings is 1. The molecule has 1 heterocycles. The van der Waals surface area contributed by atoms with Crippen LogP contribution in [-0.4, -0.2) is 51.1 Å². The Balaban J connectivity index is 2.18. The van der Waals surface area contributed by atoms with Crippen molar-refractivity contribution < 1.29 is 9.59 Å². The highest BCUT2D eigenvalue weighted by Gasteiger charge is 2.20. The van der Waals surface area contributed by atoms with E-state index in [2.05, 4.69) is 10.3 Å². The molecule has 1 atom stereocenters. The number of amides is 2. The molecule has 0 aliphatic carbocycles. The van der Waals surface area contributed by atoms with Crippen LogP contribution in [0.2, 0.25) is 0 Å². The number of fused-ring (bicyclic) bond motifs is 1. The molecule has 1 N–H and O–H groups in total. The molecular formula is C21H30N4O3S. The van der Waals surface area contributed by atoms with Gasteiger partial charge in [0.2, 0.25) is 11.8 Å². The van der Waals surface area contributed by atoms with Crippen LogP contribution in [0.25, 0.3) is 10.9 Å². The van der Waals surface area contributed by atoms with Crippen molar-refractivity contribution in [3.05, 3.63) is 34.6 Å². The van der Waals surface area contributed by atoms with Crippen LogP contribution in [0.15, 0.2) is 34.2 Å². The van der Waals surface area contributed by atoms with Crippen molar-refractivity contribution in [3.8, 4) is 0 Å². The Morgan fingerprint density at radius 3 is 2.55 bits per heavy atom. The van der Waals surface area contributed by atoms with Gasteiger partial charge >= 0.3 is 0 Å². The van der Waals surface area contributed by atoms with E-state index in [4.69, 9.17) is 0 Å². The Morgan fingerprint density at radius 2 is 1.93 bits per heavy atom. The first-order valence-electron chi connectivity index (χ1n) is 9.72. The van der Waals surface area contributed by atoms with Gasteiger partial charge in [0.25, 0.3) is 5.56 Å². The topological polar surface area (TPSA) is 84.3 Å². The molecule has 0 radical (unpaired) electrons.